The largest absolute Gasteiger partial charge is 0.484 e. The van der Waals surface area contributed by atoms with E-state index >= 15 is 0 Å². The Morgan fingerprint density at radius 1 is 1.25 bits per heavy atom. The lowest BCUT2D eigenvalue weighted by Crippen LogP contribution is -2.10. The van der Waals surface area contributed by atoms with Crippen LogP contribution in [0.1, 0.15) is 34.5 Å². The molecule has 32 heavy (non-hydrogen) atoms. The highest BCUT2D eigenvalue weighted by Gasteiger charge is 2.14. The third-order valence-corrected chi connectivity index (χ3v) is 5.67. The van der Waals surface area contributed by atoms with Crippen LogP contribution in [-0.2, 0) is 19.7 Å². The van der Waals surface area contributed by atoms with E-state index in [0.717, 1.165) is 22.3 Å². The number of rotatable bonds is 8. The molecule has 8 nitrogen and oxygen atoms in total. The van der Waals surface area contributed by atoms with Crippen LogP contribution in [0.5, 0.6) is 5.75 Å². The Labute approximate surface area is 198 Å². The molecule has 4 aromatic rings. The number of furan rings is 1. The molecule has 0 saturated heterocycles. The molecule has 0 aliphatic heterocycles. The van der Waals surface area contributed by atoms with Gasteiger partial charge in [-0.1, -0.05) is 27.5 Å². The predicted octanol–water partition coefficient (Wildman–Crippen LogP) is 5.30. The molecule has 0 unspecified atom stereocenters. The Hall–Kier alpha value is -3.04. The smallest absolute Gasteiger partial charge is 0.291 e. The summed E-state index contributed by atoms with van der Waals surface area (Å²) in [6.07, 6.45) is 5.20. The summed E-state index contributed by atoms with van der Waals surface area (Å²) < 4.78 is 15.8. The number of hydrogen-bond donors (Lipinski definition) is 1. The molecule has 0 atom stereocenters. The summed E-state index contributed by atoms with van der Waals surface area (Å²) >= 11 is 9.50. The summed E-state index contributed by atoms with van der Waals surface area (Å²) in [4.78, 5) is 12.5. The molecule has 0 aliphatic rings. The molecule has 3 heterocycles. The maximum Gasteiger partial charge on any atom is 0.291 e. The average molecular weight is 519 g/mol. The molecular weight excluding hydrogens is 498 g/mol. The van der Waals surface area contributed by atoms with Gasteiger partial charge in [-0.3, -0.25) is 14.2 Å². The van der Waals surface area contributed by atoms with Crippen molar-refractivity contribution in [3.8, 4) is 5.75 Å². The van der Waals surface area contributed by atoms with Gasteiger partial charge in [0.2, 0.25) is 0 Å². The van der Waals surface area contributed by atoms with Gasteiger partial charge in [0.1, 0.15) is 18.1 Å². The van der Waals surface area contributed by atoms with Gasteiger partial charge in [-0.05, 0) is 44.2 Å². The zero-order valence-electron chi connectivity index (χ0n) is 17.5. The van der Waals surface area contributed by atoms with Crippen molar-refractivity contribution >= 4 is 39.1 Å². The topological polar surface area (TPSA) is 87.1 Å². The van der Waals surface area contributed by atoms with E-state index in [1.165, 1.54) is 0 Å². The van der Waals surface area contributed by atoms with E-state index in [9.17, 15) is 4.79 Å². The first-order valence-electron chi connectivity index (χ1n) is 9.94. The van der Waals surface area contributed by atoms with Crippen LogP contribution in [0, 0.1) is 6.92 Å². The van der Waals surface area contributed by atoms with Crippen LogP contribution < -0.4 is 10.1 Å². The highest BCUT2D eigenvalue weighted by molar-refractivity contribution is 9.10. The number of halogens is 2. The number of anilines is 1. The number of aryl methyl sites for hydroxylation is 1. The van der Waals surface area contributed by atoms with Crippen molar-refractivity contribution in [1.82, 2.24) is 19.6 Å². The number of ether oxygens (including phenoxy) is 1. The van der Waals surface area contributed by atoms with Crippen LogP contribution in [0.4, 0.5) is 5.69 Å². The molecule has 3 aromatic heterocycles. The van der Waals surface area contributed by atoms with Gasteiger partial charge in [-0.15, -0.1) is 0 Å². The first kappa shape index (κ1) is 22.2. The normalized spacial score (nSPS) is 11.0. The molecule has 0 radical (unpaired) electrons. The molecule has 0 saturated carbocycles. The standard InChI is InChI=1S/C22H21BrClN5O3/c1-3-29-14(2)15(9-26-29)11-28-12-17(10-25-28)27-22(30)21-7-5-18(32-21)13-31-20-6-4-16(23)8-19(20)24/h4-10,12H,3,11,13H2,1-2H3,(H,27,30). The SMILES string of the molecule is CCn1ncc(Cn2cc(NC(=O)c3ccc(COc4ccc(Br)cc4Cl)o3)cn2)c1C. The van der Waals surface area contributed by atoms with Crippen LogP contribution in [0.15, 0.2) is 57.8 Å². The summed E-state index contributed by atoms with van der Waals surface area (Å²) in [6.45, 7) is 5.62. The maximum absolute atomic E-state index is 12.5. The van der Waals surface area contributed by atoms with Gasteiger partial charge < -0.3 is 14.5 Å². The fourth-order valence-corrected chi connectivity index (χ4v) is 3.89. The second-order valence-corrected chi connectivity index (χ2v) is 8.40. The molecule has 166 valence electrons. The number of carbonyl (C=O) groups is 1. The fraction of sp³-hybridized carbons (Fsp3) is 0.227. The molecule has 4 rings (SSSR count). The number of amides is 1. The Bertz CT molecular complexity index is 1250. The van der Waals surface area contributed by atoms with Crippen LogP contribution in [0.3, 0.4) is 0 Å². The van der Waals surface area contributed by atoms with E-state index in [0.29, 0.717) is 28.8 Å². The predicted molar refractivity (Wildman–Crippen MR) is 124 cm³/mol. The zero-order valence-corrected chi connectivity index (χ0v) is 19.9. The summed E-state index contributed by atoms with van der Waals surface area (Å²) in [5, 5.41) is 11.9. The van der Waals surface area contributed by atoms with Crippen LogP contribution in [0.25, 0.3) is 0 Å². The number of hydrogen-bond acceptors (Lipinski definition) is 5. The van der Waals surface area contributed by atoms with Crippen molar-refractivity contribution in [2.75, 3.05) is 5.32 Å². The molecule has 0 spiro atoms. The Balaban J connectivity index is 1.34. The molecular formula is C22H21BrClN5O3. The quantitative estimate of drug-likeness (QED) is 0.342. The molecule has 1 aromatic carbocycles. The van der Waals surface area contributed by atoms with Gasteiger partial charge in [0.25, 0.3) is 5.91 Å². The van der Waals surface area contributed by atoms with Gasteiger partial charge in [0.15, 0.2) is 5.76 Å². The van der Waals surface area contributed by atoms with E-state index < -0.39 is 0 Å². The second kappa shape index (κ2) is 9.62. The van der Waals surface area contributed by atoms with E-state index in [-0.39, 0.29) is 18.3 Å². The van der Waals surface area contributed by atoms with Gasteiger partial charge in [-0.2, -0.15) is 10.2 Å². The van der Waals surface area contributed by atoms with E-state index in [1.54, 1.807) is 41.3 Å². The van der Waals surface area contributed by atoms with Crippen molar-refractivity contribution in [2.24, 2.45) is 0 Å². The van der Waals surface area contributed by atoms with Gasteiger partial charge >= 0.3 is 0 Å². The Kier molecular flexibility index (Phi) is 6.66. The fourth-order valence-electron chi connectivity index (χ4n) is 3.16. The van der Waals surface area contributed by atoms with Crippen LogP contribution in [0.2, 0.25) is 5.02 Å². The number of benzene rings is 1. The van der Waals surface area contributed by atoms with E-state index in [2.05, 4.69) is 31.4 Å². The van der Waals surface area contributed by atoms with Crippen molar-refractivity contribution in [3.63, 3.8) is 0 Å². The van der Waals surface area contributed by atoms with Crippen molar-refractivity contribution in [1.29, 1.82) is 0 Å². The minimum atomic E-state index is -0.368. The Morgan fingerprint density at radius 2 is 2.09 bits per heavy atom. The first-order chi connectivity index (χ1) is 15.4. The van der Waals surface area contributed by atoms with Crippen LogP contribution >= 0.6 is 27.5 Å². The number of nitrogens with zero attached hydrogens (tertiary/aromatic N) is 4. The Morgan fingerprint density at radius 3 is 2.84 bits per heavy atom. The third kappa shape index (κ3) is 5.05. The summed E-state index contributed by atoms with van der Waals surface area (Å²) in [5.74, 6) is 0.850. The van der Waals surface area contributed by atoms with Gasteiger partial charge in [-0.25, -0.2) is 0 Å². The molecule has 1 N–H and O–H groups in total. The van der Waals surface area contributed by atoms with E-state index in [4.69, 9.17) is 20.8 Å². The lowest BCUT2D eigenvalue weighted by atomic mass is 10.2. The van der Waals surface area contributed by atoms with Crippen molar-refractivity contribution in [2.45, 2.75) is 33.5 Å². The van der Waals surface area contributed by atoms with Crippen molar-refractivity contribution < 1.29 is 13.9 Å². The zero-order chi connectivity index (χ0) is 22.7. The average Bonchev–Trinajstić information content (AvgIpc) is 3.49. The second-order valence-electron chi connectivity index (χ2n) is 7.08. The summed E-state index contributed by atoms with van der Waals surface area (Å²) in [6, 6.07) is 8.63. The lowest BCUT2D eigenvalue weighted by Gasteiger charge is -2.06. The number of aromatic nitrogens is 4. The minimum Gasteiger partial charge on any atom is -0.484 e. The molecule has 0 fully saturated rings. The third-order valence-electron chi connectivity index (χ3n) is 4.88. The maximum atomic E-state index is 12.5. The highest BCUT2D eigenvalue weighted by atomic mass is 79.9. The first-order valence-corrected chi connectivity index (χ1v) is 11.1. The van der Waals surface area contributed by atoms with E-state index in [1.807, 2.05) is 30.8 Å². The summed E-state index contributed by atoms with van der Waals surface area (Å²) in [5.41, 5.74) is 2.75. The number of nitrogens with one attached hydrogen (secondary N) is 1. The van der Waals surface area contributed by atoms with Crippen LogP contribution in [-0.4, -0.2) is 25.5 Å². The molecule has 0 aliphatic carbocycles. The molecule has 0 bridgehead atoms. The lowest BCUT2D eigenvalue weighted by molar-refractivity contribution is 0.0992. The van der Waals surface area contributed by atoms with Gasteiger partial charge in [0.05, 0.1) is 29.6 Å². The summed E-state index contributed by atoms with van der Waals surface area (Å²) in [7, 11) is 0. The molecule has 1 amide bonds. The highest BCUT2D eigenvalue weighted by Crippen LogP contribution is 2.28. The molecule has 10 heteroatoms. The minimum absolute atomic E-state index is 0.150. The number of carbonyl (C=O) groups excluding carboxylic acids is 1. The monoisotopic (exact) mass is 517 g/mol. The van der Waals surface area contributed by atoms with Gasteiger partial charge in [0, 0.05) is 28.5 Å². The van der Waals surface area contributed by atoms with Crippen molar-refractivity contribution in [3.05, 3.63) is 81.2 Å².